The number of fused-ring (bicyclic) bond motifs is 1. The van der Waals surface area contributed by atoms with Crippen LogP contribution in [0.3, 0.4) is 0 Å². The van der Waals surface area contributed by atoms with Gasteiger partial charge in [-0.3, -0.25) is 34.2 Å². The number of piperidine rings is 1. The number of hydrogen-bond acceptors (Lipinski definition) is 6. The van der Waals surface area contributed by atoms with Gasteiger partial charge in [0.15, 0.2) is 5.50 Å². The molecule has 136 valence electrons. The van der Waals surface area contributed by atoms with Gasteiger partial charge in [-0.1, -0.05) is 17.7 Å². The number of anilines is 1. The van der Waals surface area contributed by atoms with Crippen LogP contribution in [0.5, 0.6) is 0 Å². The van der Waals surface area contributed by atoms with Crippen molar-refractivity contribution < 1.29 is 24.0 Å². The number of hydrogen-bond donors (Lipinski definition) is 3. The van der Waals surface area contributed by atoms with Crippen LogP contribution in [0.15, 0.2) is 18.2 Å². The van der Waals surface area contributed by atoms with E-state index in [1.165, 1.54) is 25.1 Å². The molecule has 26 heavy (non-hydrogen) atoms. The maximum Gasteiger partial charge on any atom is 0.264 e. The van der Waals surface area contributed by atoms with E-state index in [0.29, 0.717) is 0 Å². The zero-order chi connectivity index (χ0) is 19.2. The fourth-order valence-electron chi connectivity index (χ4n) is 3.05. The number of amides is 5. The molecule has 9 nitrogen and oxygen atoms in total. The molecule has 2 aliphatic heterocycles. The average molecular weight is 379 g/mol. The Kier molecular flexibility index (Phi) is 4.29. The maximum atomic E-state index is 12.9. The van der Waals surface area contributed by atoms with Gasteiger partial charge >= 0.3 is 0 Å². The number of alkyl halides is 1. The lowest BCUT2D eigenvalue weighted by molar-refractivity contribution is -0.141. The summed E-state index contributed by atoms with van der Waals surface area (Å²) < 4.78 is 0. The van der Waals surface area contributed by atoms with Crippen molar-refractivity contribution >= 4 is 46.8 Å². The van der Waals surface area contributed by atoms with Crippen LogP contribution in [0, 0.1) is 0 Å². The lowest BCUT2D eigenvalue weighted by Crippen LogP contribution is -2.62. The average Bonchev–Trinajstić information content (AvgIpc) is 2.84. The number of halogens is 1. The second-order valence-corrected chi connectivity index (χ2v) is 6.69. The van der Waals surface area contributed by atoms with E-state index in [1.54, 1.807) is 0 Å². The van der Waals surface area contributed by atoms with Crippen molar-refractivity contribution in [1.29, 1.82) is 0 Å². The molecular weight excluding hydrogens is 364 g/mol. The molecule has 0 saturated carbocycles. The fraction of sp³-hybridized carbons (Fsp3) is 0.312. The molecule has 10 heteroatoms. The Morgan fingerprint density at radius 1 is 1.31 bits per heavy atom. The Hall–Kier alpha value is -2.78. The second kappa shape index (κ2) is 6.19. The second-order valence-electron chi connectivity index (χ2n) is 6.22. The van der Waals surface area contributed by atoms with E-state index in [1.807, 2.05) is 0 Å². The van der Waals surface area contributed by atoms with Gasteiger partial charge in [0.1, 0.15) is 5.54 Å². The Balaban J connectivity index is 2.02. The first-order valence-corrected chi connectivity index (χ1v) is 8.17. The van der Waals surface area contributed by atoms with E-state index in [4.69, 9.17) is 17.3 Å². The Labute approximate surface area is 152 Å². The highest BCUT2D eigenvalue weighted by Crippen LogP contribution is 2.36. The minimum absolute atomic E-state index is 0.000337. The molecule has 1 aromatic carbocycles. The zero-order valence-corrected chi connectivity index (χ0v) is 14.4. The first-order chi connectivity index (χ1) is 12.2. The van der Waals surface area contributed by atoms with Gasteiger partial charge < -0.3 is 11.1 Å². The maximum absolute atomic E-state index is 12.9. The first-order valence-electron chi connectivity index (χ1n) is 7.73. The summed E-state index contributed by atoms with van der Waals surface area (Å²) in [6, 6.07) is 4.33. The summed E-state index contributed by atoms with van der Waals surface area (Å²) in [6.45, 7) is 1.42. The van der Waals surface area contributed by atoms with Gasteiger partial charge in [-0.2, -0.15) is 0 Å². The molecule has 2 atom stereocenters. The van der Waals surface area contributed by atoms with E-state index >= 15 is 0 Å². The van der Waals surface area contributed by atoms with E-state index in [2.05, 4.69) is 10.6 Å². The van der Waals surface area contributed by atoms with Crippen molar-refractivity contribution in [3.8, 4) is 0 Å². The number of nitrogens with two attached hydrogens (primary N) is 1. The normalized spacial score (nSPS) is 23.6. The predicted octanol–water partition coefficient (Wildman–Crippen LogP) is -0.0600. The van der Waals surface area contributed by atoms with Crippen molar-refractivity contribution in [2.45, 2.75) is 30.8 Å². The molecule has 0 bridgehead atoms. The molecule has 0 aliphatic carbocycles. The van der Waals surface area contributed by atoms with E-state index in [-0.39, 0.29) is 29.7 Å². The van der Waals surface area contributed by atoms with Crippen LogP contribution < -0.4 is 16.4 Å². The van der Waals surface area contributed by atoms with Gasteiger partial charge in [0, 0.05) is 6.42 Å². The summed E-state index contributed by atoms with van der Waals surface area (Å²) in [5, 5.41) is 4.55. The highest BCUT2D eigenvalue weighted by atomic mass is 35.5. The Bertz CT molecular complexity index is 868. The largest absolute Gasteiger partial charge is 0.323 e. The zero-order valence-electron chi connectivity index (χ0n) is 13.7. The minimum atomic E-state index is -1.51. The molecule has 5 amide bonds. The SMILES string of the molecule is CC1(N2C(=O)c3cccc(NC(=O)C(N)Cl)c3C2=O)CCC(=O)NC1=O. The summed E-state index contributed by atoms with van der Waals surface area (Å²) in [6.07, 6.45) is 0.0116. The van der Waals surface area contributed by atoms with Gasteiger partial charge in [0.05, 0.1) is 16.8 Å². The molecule has 0 radical (unpaired) electrons. The third kappa shape index (κ3) is 2.65. The number of benzene rings is 1. The molecule has 0 aromatic heterocycles. The molecule has 2 heterocycles. The molecule has 4 N–H and O–H groups in total. The molecule has 1 aromatic rings. The van der Waals surface area contributed by atoms with Gasteiger partial charge in [0.25, 0.3) is 23.6 Å². The van der Waals surface area contributed by atoms with Crippen molar-refractivity contribution in [2.75, 3.05) is 5.32 Å². The quantitative estimate of drug-likeness (QED) is 0.382. The molecule has 1 saturated heterocycles. The van der Waals surface area contributed by atoms with Crippen LogP contribution in [0.25, 0.3) is 0 Å². The number of carbonyl (C=O) groups is 5. The highest BCUT2D eigenvalue weighted by Gasteiger charge is 2.53. The topological polar surface area (TPSA) is 139 Å². The number of imide groups is 2. The number of carbonyl (C=O) groups excluding carboxylic acids is 5. The van der Waals surface area contributed by atoms with Crippen LogP contribution in [0.2, 0.25) is 0 Å². The number of rotatable bonds is 3. The van der Waals surface area contributed by atoms with E-state index < -0.39 is 40.6 Å². The van der Waals surface area contributed by atoms with Crippen LogP contribution in [0.1, 0.15) is 40.5 Å². The summed E-state index contributed by atoms with van der Waals surface area (Å²) in [5.41, 5.74) is 2.52. The molecule has 0 spiro atoms. The summed E-state index contributed by atoms with van der Waals surface area (Å²) in [4.78, 5) is 62.0. The smallest absolute Gasteiger partial charge is 0.264 e. The van der Waals surface area contributed by atoms with Crippen LogP contribution in [-0.2, 0) is 14.4 Å². The minimum Gasteiger partial charge on any atom is -0.323 e. The molecule has 1 fully saturated rings. The summed E-state index contributed by atoms with van der Waals surface area (Å²) in [7, 11) is 0. The number of nitrogens with zero attached hydrogens (tertiary/aromatic N) is 1. The van der Waals surface area contributed by atoms with Crippen LogP contribution >= 0.6 is 11.6 Å². The third-order valence-corrected chi connectivity index (χ3v) is 4.70. The molecular formula is C16H15ClN4O5. The highest BCUT2D eigenvalue weighted by molar-refractivity contribution is 6.33. The van der Waals surface area contributed by atoms with Gasteiger partial charge in [-0.05, 0) is 25.5 Å². The van der Waals surface area contributed by atoms with E-state index in [9.17, 15) is 24.0 Å². The number of nitrogens with one attached hydrogen (secondary N) is 2. The van der Waals surface area contributed by atoms with Crippen molar-refractivity contribution in [2.24, 2.45) is 5.73 Å². The van der Waals surface area contributed by atoms with Gasteiger partial charge in [-0.25, -0.2) is 0 Å². The van der Waals surface area contributed by atoms with Crippen molar-refractivity contribution in [1.82, 2.24) is 10.2 Å². The third-order valence-electron chi connectivity index (χ3n) is 4.50. The summed E-state index contributed by atoms with van der Waals surface area (Å²) >= 11 is 5.52. The van der Waals surface area contributed by atoms with E-state index in [0.717, 1.165) is 4.90 Å². The van der Waals surface area contributed by atoms with Crippen LogP contribution in [-0.4, -0.2) is 45.5 Å². The van der Waals surface area contributed by atoms with Crippen LogP contribution in [0.4, 0.5) is 5.69 Å². The lowest BCUT2D eigenvalue weighted by Gasteiger charge is -2.38. The standard InChI is InChI=1S/C16H15ClN4O5/c1-16(6-5-9(22)20-15(16)26)21-13(24)7-3-2-4-8(10(7)14(21)25)19-12(23)11(17)18/h2-4,11H,5-6,18H2,1H3,(H,19,23)(H,20,22,26). The Morgan fingerprint density at radius 2 is 2.00 bits per heavy atom. The van der Waals surface area contributed by atoms with Crippen molar-refractivity contribution in [3.63, 3.8) is 0 Å². The lowest BCUT2D eigenvalue weighted by atomic mass is 9.89. The monoisotopic (exact) mass is 378 g/mol. The summed E-state index contributed by atoms with van der Waals surface area (Å²) in [5.74, 6) is -3.35. The fourth-order valence-corrected chi connectivity index (χ4v) is 3.10. The van der Waals surface area contributed by atoms with Gasteiger partial charge in [-0.15, -0.1) is 0 Å². The van der Waals surface area contributed by atoms with Gasteiger partial charge in [0.2, 0.25) is 5.91 Å². The van der Waals surface area contributed by atoms with Crippen molar-refractivity contribution in [3.05, 3.63) is 29.3 Å². The molecule has 3 rings (SSSR count). The molecule has 2 unspecified atom stereocenters. The molecule has 2 aliphatic rings. The Morgan fingerprint density at radius 3 is 2.62 bits per heavy atom. The first kappa shape index (κ1) is 18.0. The predicted molar refractivity (Wildman–Crippen MR) is 90.2 cm³/mol.